The van der Waals surface area contributed by atoms with Crippen LogP contribution in [-0.2, 0) is 22.4 Å². The summed E-state index contributed by atoms with van der Waals surface area (Å²) in [4.78, 5) is 28.3. The Labute approximate surface area is 218 Å². The highest BCUT2D eigenvalue weighted by atomic mass is 35.5. The monoisotopic (exact) mass is 517 g/mol. The van der Waals surface area contributed by atoms with Crippen LogP contribution in [0, 0.1) is 6.92 Å². The Morgan fingerprint density at radius 1 is 1.09 bits per heavy atom. The first-order chi connectivity index (χ1) is 16.3. The van der Waals surface area contributed by atoms with Crippen LogP contribution in [0.5, 0.6) is 5.75 Å². The molecule has 35 heavy (non-hydrogen) atoms. The highest BCUT2D eigenvalue weighted by Gasteiger charge is 2.35. The van der Waals surface area contributed by atoms with E-state index in [-0.39, 0.29) is 18.1 Å². The molecule has 7 heteroatoms. The smallest absolute Gasteiger partial charge is 0.415 e. The quantitative estimate of drug-likeness (QED) is 0.298. The molecule has 0 aliphatic heterocycles. The summed E-state index contributed by atoms with van der Waals surface area (Å²) in [5.74, 6) is 0.280. The topological polar surface area (TPSA) is 55.8 Å². The summed E-state index contributed by atoms with van der Waals surface area (Å²) in [6.45, 7) is 13.8. The lowest BCUT2D eigenvalue weighted by Crippen LogP contribution is -2.44. The van der Waals surface area contributed by atoms with Gasteiger partial charge in [-0.2, -0.15) is 0 Å². The molecule has 2 aromatic rings. The lowest BCUT2D eigenvalue weighted by Gasteiger charge is -2.34. The van der Waals surface area contributed by atoms with Gasteiger partial charge in [-0.1, -0.05) is 29.3 Å². The molecule has 0 N–H and O–H groups in total. The maximum absolute atomic E-state index is 12.9. The third-order valence-electron chi connectivity index (χ3n) is 5.95. The first-order valence-electron chi connectivity index (χ1n) is 12.1. The van der Waals surface area contributed by atoms with Gasteiger partial charge < -0.3 is 14.4 Å². The van der Waals surface area contributed by atoms with Crippen molar-refractivity contribution in [3.05, 3.63) is 58.1 Å². The first-order valence-corrected chi connectivity index (χ1v) is 13.3. The predicted octanol–water partition coefficient (Wildman–Crippen LogP) is 7.24. The summed E-state index contributed by atoms with van der Waals surface area (Å²) in [6.07, 6.45) is 2.05. The van der Waals surface area contributed by atoms with E-state index in [1.54, 1.807) is 4.90 Å². The zero-order chi connectivity index (χ0) is 26.0. The number of halogens is 1. The lowest BCUT2D eigenvalue weighted by atomic mass is 9.87. The van der Waals surface area contributed by atoms with Crippen molar-refractivity contribution >= 4 is 35.4 Å². The number of esters is 1. The number of carbonyl (C=O) groups excluding carboxylic acids is 2. The number of hydrogen-bond acceptors (Lipinski definition) is 5. The van der Waals surface area contributed by atoms with Gasteiger partial charge in [0.05, 0.1) is 5.02 Å². The average Bonchev–Trinajstić information content (AvgIpc) is 2.75. The van der Waals surface area contributed by atoms with Crippen LogP contribution in [0.4, 0.5) is 4.79 Å². The molecule has 0 saturated heterocycles. The molecule has 0 saturated carbocycles. The van der Waals surface area contributed by atoms with Crippen LogP contribution < -0.4 is 4.74 Å². The summed E-state index contributed by atoms with van der Waals surface area (Å²) in [7, 11) is 0. The van der Waals surface area contributed by atoms with Crippen LogP contribution in [0.1, 0.15) is 64.7 Å². The number of hydrogen-bond donors (Lipinski definition) is 0. The van der Waals surface area contributed by atoms with Crippen LogP contribution in [0.15, 0.2) is 41.3 Å². The fourth-order valence-corrected chi connectivity index (χ4v) is 5.44. The van der Waals surface area contributed by atoms with Crippen molar-refractivity contribution in [3.63, 3.8) is 0 Å². The van der Waals surface area contributed by atoms with Gasteiger partial charge in [-0.15, -0.1) is 11.8 Å². The Kier molecular flexibility index (Phi) is 8.48. The third kappa shape index (κ3) is 7.17. The summed E-state index contributed by atoms with van der Waals surface area (Å²) in [6, 6.07) is 11.6. The molecule has 1 unspecified atom stereocenters. The van der Waals surface area contributed by atoms with Crippen molar-refractivity contribution in [2.24, 2.45) is 0 Å². The second-order valence-electron chi connectivity index (χ2n) is 10.5. The van der Waals surface area contributed by atoms with E-state index in [0.29, 0.717) is 23.7 Å². The van der Waals surface area contributed by atoms with Crippen molar-refractivity contribution in [1.82, 2.24) is 4.90 Å². The van der Waals surface area contributed by atoms with Crippen LogP contribution in [0.2, 0.25) is 5.02 Å². The van der Waals surface area contributed by atoms with Crippen LogP contribution in [-0.4, -0.2) is 39.9 Å². The molecule has 0 bridgehead atoms. The number of carbonyl (C=O) groups is 2. The Morgan fingerprint density at radius 3 is 2.34 bits per heavy atom. The van der Waals surface area contributed by atoms with E-state index < -0.39 is 10.3 Å². The summed E-state index contributed by atoms with van der Waals surface area (Å²) < 4.78 is 10.5. The molecule has 0 aromatic heterocycles. The summed E-state index contributed by atoms with van der Waals surface area (Å²) in [5.41, 5.74) is 2.91. The molecule has 1 aliphatic rings. The standard InChI is InChI=1S/C28H36ClNO4S/c1-8-30(26(32)33-22-13-9-18(2)10-14-22)21-12-11-19-17-24(23(29)16-20(19)15-21)35-28(6,7)25(31)34-27(3,4)5/h9-10,13-14,16-17,21H,8,11-12,15H2,1-7H3. The lowest BCUT2D eigenvalue weighted by molar-refractivity contribution is -0.156. The minimum atomic E-state index is -0.777. The number of nitrogens with zero attached hydrogens (tertiary/aromatic N) is 1. The Bertz CT molecular complexity index is 1080. The molecular weight excluding hydrogens is 482 g/mol. The normalized spacial score (nSPS) is 15.8. The minimum Gasteiger partial charge on any atom is -0.459 e. The van der Waals surface area contributed by atoms with E-state index in [1.165, 1.54) is 17.3 Å². The second-order valence-corrected chi connectivity index (χ2v) is 12.6. The van der Waals surface area contributed by atoms with Gasteiger partial charge in [0.25, 0.3) is 0 Å². The summed E-state index contributed by atoms with van der Waals surface area (Å²) >= 11 is 8.09. The number of rotatable bonds is 6. The summed E-state index contributed by atoms with van der Waals surface area (Å²) in [5, 5.41) is 0.608. The van der Waals surface area contributed by atoms with Crippen molar-refractivity contribution in [2.75, 3.05) is 6.54 Å². The largest absolute Gasteiger partial charge is 0.459 e. The number of aryl methyl sites for hydroxylation is 2. The predicted molar refractivity (Wildman–Crippen MR) is 143 cm³/mol. The van der Waals surface area contributed by atoms with E-state index in [0.717, 1.165) is 28.9 Å². The molecular formula is C28H36ClNO4S. The number of likely N-dealkylation sites (N-methyl/N-ethyl adjacent to an activating group) is 1. The van der Waals surface area contributed by atoms with Crippen molar-refractivity contribution in [1.29, 1.82) is 0 Å². The van der Waals surface area contributed by atoms with Crippen LogP contribution in [0.25, 0.3) is 0 Å². The maximum Gasteiger partial charge on any atom is 0.415 e. The van der Waals surface area contributed by atoms with Gasteiger partial charge in [-0.25, -0.2) is 4.79 Å². The molecule has 0 heterocycles. The highest BCUT2D eigenvalue weighted by molar-refractivity contribution is 8.01. The fraction of sp³-hybridized carbons (Fsp3) is 0.500. The second kappa shape index (κ2) is 10.8. The molecule has 3 rings (SSSR count). The Morgan fingerprint density at radius 2 is 1.74 bits per heavy atom. The van der Waals surface area contributed by atoms with Crippen LogP contribution in [0.3, 0.4) is 0 Å². The molecule has 1 atom stereocenters. The molecule has 0 radical (unpaired) electrons. The van der Waals surface area contributed by atoms with Crippen LogP contribution >= 0.6 is 23.4 Å². The van der Waals surface area contributed by atoms with Gasteiger partial charge in [-0.05, 0) is 103 Å². The number of thioether (sulfide) groups is 1. The van der Waals surface area contributed by atoms with Gasteiger partial charge in [-0.3, -0.25) is 4.79 Å². The average molecular weight is 518 g/mol. The number of fused-ring (bicyclic) bond motifs is 1. The third-order valence-corrected chi connectivity index (χ3v) is 7.61. The molecule has 1 amide bonds. The van der Waals surface area contributed by atoms with Gasteiger partial charge in [0.1, 0.15) is 16.1 Å². The number of ether oxygens (including phenoxy) is 2. The molecule has 0 spiro atoms. The van der Waals surface area contributed by atoms with Gasteiger partial charge in [0, 0.05) is 17.5 Å². The van der Waals surface area contributed by atoms with Gasteiger partial charge >= 0.3 is 12.1 Å². The number of benzene rings is 2. The molecule has 2 aromatic carbocycles. The SMILES string of the molecule is CCN(C(=O)Oc1ccc(C)cc1)C1CCc2cc(SC(C)(C)C(=O)OC(C)(C)C)c(Cl)cc2C1. The zero-order valence-corrected chi connectivity index (χ0v) is 23.3. The maximum atomic E-state index is 12.9. The minimum absolute atomic E-state index is 0.0400. The zero-order valence-electron chi connectivity index (χ0n) is 21.7. The van der Waals surface area contributed by atoms with Crippen molar-refractivity contribution < 1.29 is 19.1 Å². The Hall–Kier alpha value is -2.18. The Balaban J connectivity index is 1.72. The van der Waals surface area contributed by atoms with Crippen molar-refractivity contribution in [2.45, 2.75) is 89.0 Å². The fourth-order valence-electron chi connectivity index (χ4n) is 4.10. The van der Waals surface area contributed by atoms with E-state index in [1.807, 2.05) is 78.8 Å². The molecule has 5 nitrogen and oxygen atoms in total. The van der Waals surface area contributed by atoms with Gasteiger partial charge in [0.15, 0.2) is 0 Å². The van der Waals surface area contributed by atoms with E-state index in [2.05, 4.69) is 6.07 Å². The van der Waals surface area contributed by atoms with E-state index >= 15 is 0 Å². The molecule has 1 aliphatic carbocycles. The number of amides is 1. The van der Waals surface area contributed by atoms with Gasteiger partial charge in [0.2, 0.25) is 0 Å². The molecule has 190 valence electrons. The van der Waals surface area contributed by atoms with E-state index in [9.17, 15) is 9.59 Å². The van der Waals surface area contributed by atoms with E-state index in [4.69, 9.17) is 21.1 Å². The highest BCUT2D eigenvalue weighted by Crippen LogP contribution is 2.41. The van der Waals surface area contributed by atoms with Crippen molar-refractivity contribution in [3.8, 4) is 5.75 Å². The first kappa shape index (κ1) is 27.4. The molecule has 0 fully saturated rings.